The number of aryl methyl sites for hydroxylation is 2. The van der Waals surface area contributed by atoms with E-state index in [1.165, 1.54) is 0 Å². The van der Waals surface area contributed by atoms with Crippen LogP contribution >= 0.6 is 0 Å². The van der Waals surface area contributed by atoms with Crippen molar-refractivity contribution in [3.8, 4) is 0 Å². The summed E-state index contributed by atoms with van der Waals surface area (Å²) in [6, 6.07) is 5.37. The number of carbonyl (C=O) groups excluding carboxylic acids is 1. The number of nitrogens with zero attached hydrogens (tertiary/aromatic N) is 1. The van der Waals surface area contributed by atoms with Gasteiger partial charge in [-0.05, 0) is 63.6 Å². The molecule has 2 heterocycles. The van der Waals surface area contributed by atoms with Crippen LogP contribution in [0.3, 0.4) is 0 Å². The fraction of sp³-hybridized carbons (Fsp3) is 0.632. The molecule has 2 aliphatic rings. The van der Waals surface area contributed by atoms with E-state index in [4.69, 9.17) is 0 Å². The minimum atomic E-state index is -3.49. The highest BCUT2D eigenvalue weighted by molar-refractivity contribution is 7.89. The molecule has 26 heavy (non-hydrogen) atoms. The molecule has 1 aromatic carbocycles. The normalized spacial score (nSPS) is 24.5. The molecule has 2 unspecified atom stereocenters. The largest absolute Gasteiger partial charge is 0.354 e. The van der Waals surface area contributed by atoms with Crippen molar-refractivity contribution >= 4 is 15.9 Å². The summed E-state index contributed by atoms with van der Waals surface area (Å²) in [6.07, 6.45) is 3.68. The molecular weight excluding hydrogens is 350 g/mol. The Hall–Kier alpha value is -1.44. The van der Waals surface area contributed by atoms with Crippen LogP contribution < -0.4 is 10.6 Å². The van der Waals surface area contributed by atoms with Crippen LogP contribution in [0.5, 0.6) is 0 Å². The van der Waals surface area contributed by atoms with Crippen molar-refractivity contribution in [1.82, 2.24) is 14.9 Å². The third-order valence-corrected chi connectivity index (χ3v) is 7.40. The summed E-state index contributed by atoms with van der Waals surface area (Å²) in [5.41, 5.74) is 1.84. The van der Waals surface area contributed by atoms with Crippen molar-refractivity contribution in [2.24, 2.45) is 5.92 Å². The Balaban J connectivity index is 1.62. The van der Waals surface area contributed by atoms with Crippen LogP contribution in [0, 0.1) is 19.8 Å². The van der Waals surface area contributed by atoms with Crippen LogP contribution in [-0.2, 0) is 14.8 Å². The molecule has 6 nitrogen and oxygen atoms in total. The zero-order valence-electron chi connectivity index (χ0n) is 15.6. The van der Waals surface area contributed by atoms with E-state index in [2.05, 4.69) is 10.6 Å². The molecule has 2 saturated heterocycles. The fourth-order valence-corrected chi connectivity index (χ4v) is 5.68. The Labute approximate surface area is 156 Å². The number of benzene rings is 1. The lowest BCUT2D eigenvalue weighted by Crippen LogP contribution is -2.46. The molecule has 2 atom stereocenters. The average Bonchev–Trinajstić information content (AvgIpc) is 3.14. The van der Waals surface area contributed by atoms with E-state index in [9.17, 15) is 13.2 Å². The predicted molar refractivity (Wildman–Crippen MR) is 101 cm³/mol. The van der Waals surface area contributed by atoms with Crippen LogP contribution in [0.2, 0.25) is 0 Å². The van der Waals surface area contributed by atoms with Crippen molar-refractivity contribution in [1.29, 1.82) is 0 Å². The highest BCUT2D eigenvalue weighted by Gasteiger charge is 2.31. The van der Waals surface area contributed by atoms with Crippen molar-refractivity contribution in [3.63, 3.8) is 0 Å². The molecule has 7 heteroatoms. The Morgan fingerprint density at radius 2 is 2.08 bits per heavy atom. The second-order valence-corrected chi connectivity index (χ2v) is 9.44. The summed E-state index contributed by atoms with van der Waals surface area (Å²) < 4.78 is 27.7. The van der Waals surface area contributed by atoms with Gasteiger partial charge in [0, 0.05) is 19.6 Å². The van der Waals surface area contributed by atoms with Gasteiger partial charge in [0.15, 0.2) is 0 Å². The minimum Gasteiger partial charge on any atom is -0.354 e. The summed E-state index contributed by atoms with van der Waals surface area (Å²) >= 11 is 0. The molecule has 0 spiro atoms. The standard InChI is InChI=1S/C19H29N3O3S/c1-14-7-8-18(15(2)11-14)26(24,25)22-10-4-5-16(13-22)12-21-19(23)17-6-3-9-20-17/h7-8,11,16-17,20H,3-6,9-10,12-13H2,1-2H3,(H,21,23). The van der Waals surface area contributed by atoms with Crippen LogP contribution in [0.15, 0.2) is 23.1 Å². The topological polar surface area (TPSA) is 78.5 Å². The van der Waals surface area contributed by atoms with Crippen molar-refractivity contribution in [3.05, 3.63) is 29.3 Å². The molecule has 3 rings (SSSR count). The van der Waals surface area contributed by atoms with Crippen molar-refractivity contribution in [2.75, 3.05) is 26.2 Å². The Kier molecular flexibility index (Phi) is 5.99. The lowest BCUT2D eigenvalue weighted by atomic mass is 9.99. The Bertz CT molecular complexity index is 757. The molecule has 1 amide bonds. The lowest BCUT2D eigenvalue weighted by molar-refractivity contribution is -0.123. The maximum atomic E-state index is 13.0. The number of carbonyl (C=O) groups is 1. The van der Waals surface area contributed by atoms with Gasteiger partial charge in [-0.25, -0.2) is 8.42 Å². The van der Waals surface area contributed by atoms with Gasteiger partial charge in [-0.3, -0.25) is 4.79 Å². The van der Waals surface area contributed by atoms with Gasteiger partial charge in [0.05, 0.1) is 10.9 Å². The highest BCUT2D eigenvalue weighted by Crippen LogP contribution is 2.26. The first-order valence-electron chi connectivity index (χ1n) is 9.46. The number of rotatable bonds is 5. The Morgan fingerprint density at radius 1 is 1.27 bits per heavy atom. The van der Waals surface area contributed by atoms with E-state index < -0.39 is 10.0 Å². The van der Waals surface area contributed by atoms with E-state index in [-0.39, 0.29) is 17.9 Å². The first kappa shape index (κ1) is 19.3. The van der Waals surface area contributed by atoms with Crippen LogP contribution in [-0.4, -0.2) is 50.9 Å². The van der Waals surface area contributed by atoms with Gasteiger partial charge in [0.1, 0.15) is 0 Å². The lowest BCUT2D eigenvalue weighted by Gasteiger charge is -2.32. The van der Waals surface area contributed by atoms with Gasteiger partial charge in [-0.2, -0.15) is 4.31 Å². The summed E-state index contributed by atoms with van der Waals surface area (Å²) in [7, 11) is -3.49. The third kappa shape index (κ3) is 4.27. The maximum Gasteiger partial charge on any atom is 0.243 e. The smallest absolute Gasteiger partial charge is 0.243 e. The molecule has 1 aromatic rings. The van der Waals surface area contributed by atoms with Crippen LogP contribution in [0.25, 0.3) is 0 Å². The Morgan fingerprint density at radius 3 is 2.77 bits per heavy atom. The monoisotopic (exact) mass is 379 g/mol. The SMILES string of the molecule is Cc1ccc(S(=O)(=O)N2CCCC(CNC(=O)C3CCCN3)C2)c(C)c1. The number of hydrogen-bond donors (Lipinski definition) is 2. The molecule has 2 fully saturated rings. The van der Waals surface area contributed by atoms with E-state index in [0.29, 0.717) is 24.5 Å². The highest BCUT2D eigenvalue weighted by atomic mass is 32.2. The van der Waals surface area contributed by atoms with Crippen molar-refractivity contribution < 1.29 is 13.2 Å². The van der Waals surface area contributed by atoms with Gasteiger partial charge in [0.2, 0.25) is 15.9 Å². The molecule has 0 aromatic heterocycles. The van der Waals surface area contributed by atoms with Crippen LogP contribution in [0.1, 0.15) is 36.8 Å². The summed E-state index contributed by atoms with van der Waals surface area (Å²) in [6.45, 7) is 6.25. The van der Waals surface area contributed by atoms with E-state index in [1.54, 1.807) is 10.4 Å². The third-order valence-electron chi connectivity index (χ3n) is 5.37. The number of hydrogen-bond acceptors (Lipinski definition) is 4. The molecule has 2 N–H and O–H groups in total. The van der Waals surface area contributed by atoms with Gasteiger partial charge in [-0.1, -0.05) is 17.7 Å². The minimum absolute atomic E-state index is 0.0388. The van der Waals surface area contributed by atoms with Crippen molar-refractivity contribution in [2.45, 2.75) is 50.5 Å². The second-order valence-electron chi connectivity index (χ2n) is 7.53. The first-order chi connectivity index (χ1) is 12.4. The van der Waals surface area contributed by atoms with Crippen LogP contribution in [0.4, 0.5) is 0 Å². The fourth-order valence-electron chi connectivity index (χ4n) is 3.92. The molecule has 0 bridgehead atoms. The van der Waals surface area contributed by atoms with Gasteiger partial charge >= 0.3 is 0 Å². The van der Waals surface area contributed by atoms with E-state index in [1.807, 2.05) is 26.0 Å². The average molecular weight is 380 g/mol. The molecule has 0 saturated carbocycles. The maximum absolute atomic E-state index is 13.0. The van der Waals surface area contributed by atoms with E-state index >= 15 is 0 Å². The first-order valence-corrected chi connectivity index (χ1v) is 10.9. The second kappa shape index (κ2) is 8.06. The quantitative estimate of drug-likeness (QED) is 0.814. The molecule has 144 valence electrons. The van der Waals surface area contributed by atoms with Gasteiger partial charge in [-0.15, -0.1) is 0 Å². The number of amides is 1. The zero-order valence-corrected chi connectivity index (χ0v) is 16.4. The number of piperidine rings is 1. The zero-order chi connectivity index (χ0) is 18.7. The summed E-state index contributed by atoms with van der Waals surface area (Å²) in [5, 5.41) is 6.19. The molecule has 2 aliphatic heterocycles. The molecular formula is C19H29N3O3S. The van der Waals surface area contributed by atoms with Gasteiger partial charge in [0.25, 0.3) is 0 Å². The molecule has 0 radical (unpaired) electrons. The predicted octanol–water partition coefficient (Wildman–Crippen LogP) is 1.57. The number of sulfonamides is 1. The summed E-state index contributed by atoms with van der Waals surface area (Å²) in [5.74, 6) is 0.200. The molecule has 0 aliphatic carbocycles. The van der Waals surface area contributed by atoms with E-state index in [0.717, 1.165) is 43.4 Å². The summed E-state index contributed by atoms with van der Waals surface area (Å²) in [4.78, 5) is 12.6. The number of nitrogens with one attached hydrogen (secondary N) is 2. The van der Waals surface area contributed by atoms with Gasteiger partial charge < -0.3 is 10.6 Å².